The summed E-state index contributed by atoms with van der Waals surface area (Å²) < 4.78 is 2.08. The molecule has 0 radical (unpaired) electrons. The molecule has 0 saturated heterocycles. The van der Waals surface area contributed by atoms with Gasteiger partial charge < -0.3 is 0 Å². The van der Waals surface area contributed by atoms with Crippen LogP contribution < -0.4 is 0 Å². The van der Waals surface area contributed by atoms with Crippen LogP contribution in [0.1, 0.15) is 51.9 Å². The monoisotopic (exact) mass is 319 g/mol. The first kappa shape index (κ1) is 15.0. The minimum Gasteiger partial charge on any atom is -0.298 e. The lowest BCUT2D eigenvalue weighted by Crippen LogP contribution is -2.29. The van der Waals surface area contributed by atoms with Crippen molar-refractivity contribution < 1.29 is 4.79 Å². The number of hydrogen-bond donors (Lipinski definition) is 0. The number of carbonyl (C=O) groups excluding carboxylic acids is 1. The lowest BCUT2D eigenvalue weighted by atomic mass is 9.98. The number of Topliss-reactive ketones (excluding diaryl/α,β-unsaturated/α-hetero) is 1. The molecule has 0 N–H and O–H groups in total. The molecule has 1 aromatic heterocycles. The van der Waals surface area contributed by atoms with Crippen LogP contribution in [0.4, 0.5) is 0 Å². The zero-order valence-electron chi connectivity index (χ0n) is 12.4. The SMILES string of the molecule is CCCCCC1(Sc2nc3ccccc3s2)CCCC1=O. The molecule has 3 rings (SSSR count). The molecule has 1 saturated carbocycles. The van der Waals surface area contributed by atoms with Crippen molar-refractivity contribution in [2.24, 2.45) is 0 Å². The number of ketones is 1. The van der Waals surface area contributed by atoms with Crippen LogP contribution in [0.2, 0.25) is 0 Å². The van der Waals surface area contributed by atoms with E-state index in [4.69, 9.17) is 4.98 Å². The first-order chi connectivity index (χ1) is 10.2. The van der Waals surface area contributed by atoms with E-state index >= 15 is 0 Å². The summed E-state index contributed by atoms with van der Waals surface area (Å²) in [5.41, 5.74) is 1.05. The standard InChI is InChI=1S/C17H21NOS2/c1-2-3-6-11-17(12-7-10-15(17)19)21-16-18-13-8-4-5-9-14(13)20-16/h4-5,8-9H,2-3,6-7,10-12H2,1H3. The Kier molecular flexibility index (Phi) is 4.65. The molecular weight excluding hydrogens is 298 g/mol. The van der Waals surface area contributed by atoms with E-state index in [1.54, 1.807) is 23.1 Å². The number of carbonyl (C=O) groups is 1. The third-order valence-electron chi connectivity index (χ3n) is 4.23. The third-order valence-corrected chi connectivity index (χ3v) is 6.86. The quantitative estimate of drug-likeness (QED) is 0.662. The molecule has 0 bridgehead atoms. The van der Waals surface area contributed by atoms with Crippen molar-refractivity contribution in [1.29, 1.82) is 0 Å². The van der Waals surface area contributed by atoms with Gasteiger partial charge in [0.15, 0.2) is 4.34 Å². The Morgan fingerprint density at radius 3 is 2.90 bits per heavy atom. The largest absolute Gasteiger partial charge is 0.298 e. The highest BCUT2D eigenvalue weighted by Crippen LogP contribution is 2.48. The molecular formula is C17H21NOS2. The van der Waals surface area contributed by atoms with Gasteiger partial charge in [0.1, 0.15) is 5.78 Å². The maximum atomic E-state index is 12.5. The normalized spacial score (nSPS) is 22.2. The highest BCUT2D eigenvalue weighted by atomic mass is 32.2. The fourth-order valence-corrected chi connectivity index (χ4v) is 5.85. The number of aromatic nitrogens is 1. The van der Waals surface area contributed by atoms with Gasteiger partial charge in [-0.3, -0.25) is 4.79 Å². The van der Waals surface area contributed by atoms with Crippen molar-refractivity contribution in [3.8, 4) is 0 Å². The number of benzene rings is 1. The smallest absolute Gasteiger partial charge is 0.152 e. The molecule has 1 fully saturated rings. The van der Waals surface area contributed by atoms with Crippen LogP contribution in [-0.4, -0.2) is 15.5 Å². The second-order valence-electron chi connectivity index (χ2n) is 5.78. The first-order valence-electron chi connectivity index (χ1n) is 7.81. The average molecular weight is 319 g/mol. The van der Waals surface area contributed by atoms with E-state index < -0.39 is 0 Å². The number of unbranched alkanes of at least 4 members (excludes halogenated alkanes) is 2. The van der Waals surface area contributed by atoms with Gasteiger partial charge >= 0.3 is 0 Å². The van der Waals surface area contributed by atoms with Crippen LogP contribution in [-0.2, 0) is 4.79 Å². The van der Waals surface area contributed by atoms with Gasteiger partial charge in [0.05, 0.1) is 15.0 Å². The molecule has 1 heterocycles. The molecule has 1 aliphatic rings. The van der Waals surface area contributed by atoms with Gasteiger partial charge in [-0.2, -0.15) is 0 Å². The molecule has 112 valence electrons. The molecule has 0 amide bonds. The van der Waals surface area contributed by atoms with E-state index in [-0.39, 0.29) is 4.75 Å². The fraction of sp³-hybridized carbons (Fsp3) is 0.529. The number of rotatable bonds is 6. The number of fused-ring (bicyclic) bond motifs is 1. The van der Waals surface area contributed by atoms with Crippen LogP contribution in [0.15, 0.2) is 28.6 Å². The summed E-state index contributed by atoms with van der Waals surface area (Å²) in [5.74, 6) is 0.447. The highest BCUT2D eigenvalue weighted by molar-refractivity contribution is 8.03. The van der Waals surface area contributed by atoms with E-state index in [2.05, 4.69) is 19.1 Å². The van der Waals surface area contributed by atoms with Crippen molar-refractivity contribution in [3.05, 3.63) is 24.3 Å². The molecule has 0 spiro atoms. The van der Waals surface area contributed by atoms with E-state index in [9.17, 15) is 4.79 Å². The summed E-state index contributed by atoms with van der Waals surface area (Å²) in [6, 6.07) is 8.23. The van der Waals surface area contributed by atoms with Gasteiger partial charge in [-0.15, -0.1) is 11.3 Å². The number of nitrogens with zero attached hydrogens (tertiary/aromatic N) is 1. The van der Waals surface area contributed by atoms with Crippen LogP contribution in [0.5, 0.6) is 0 Å². The van der Waals surface area contributed by atoms with Gasteiger partial charge in [0.2, 0.25) is 0 Å². The molecule has 2 nitrogen and oxygen atoms in total. The predicted octanol–water partition coefficient (Wildman–Crippen LogP) is 5.46. The van der Waals surface area contributed by atoms with Gasteiger partial charge in [-0.1, -0.05) is 50.1 Å². The van der Waals surface area contributed by atoms with Crippen molar-refractivity contribution in [3.63, 3.8) is 0 Å². The Morgan fingerprint density at radius 2 is 2.19 bits per heavy atom. The summed E-state index contributed by atoms with van der Waals surface area (Å²) in [6.07, 6.45) is 7.41. The zero-order valence-corrected chi connectivity index (χ0v) is 14.1. The lowest BCUT2D eigenvalue weighted by molar-refractivity contribution is -0.119. The van der Waals surface area contributed by atoms with Crippen LogP contribution in [0, 0.1) is 0 Å². The topological polar surface area (TPSA) is 30.0 Å². The van der Waals surface area contributed by atoms with Crippen LogP contribution in [0.25, 0.3) is 10.2 Å². The Balaban J connectivity index is 1.82. The van der Waals surface area contributed by atoms with Gasteiger partial charge in [-0.05, 0) is 31.4 Å². The van der Waals surface area contributed by atoms with Gasteiger partial charge in [0.25, 0.3) is 0 Å². The van der Waals surface area contributed by atoms with E-state index in [1.165, 1.54) is 17.5 Å². The summed E-state index contributed by atoms with van der Waals surface area (Å²) in [6.45, 7) is 2.21. The van der Waals surface area contributed by atoms with Crippen molar-refractivity contribution in [2.45, 2.75) is 61.0 Å². The summed E-state index contributed by atoms with van der Waals surface area (Å²) in [5, 5.41) is 0. The number of hydrogen-bond acceptors (Lipinski definition) is 4. The Hall–Kier alpha value is -0.870. The molecule has 1 atom stereocenters. The molecule has 1 aliphatic carbocycles. The summed E-state index contributed by atoms with van der Waals surface area (Å²) in [7, 11) is 0. The third kappa shape index (κ3) is 3.16. The second kappa shape index (κ2) is 6.49. The Labute approximate surface area is 134 Å². The first-order valence-corrected chi connectivity index (χ1v) is 9.45. The zero-order chi connectivity index (χ0) is 14.7. The fourth-order valence-electron chi connectivity index (χ4n) is 3.05. The summed E-state index contributed by atoms with van der Waals surface area (Å²) >= 11 is 3.46. The number of thiazole rings is 1. The molecule has 0 aliphatic heterocycles. The molecule has 4 heteroatoms. The minimum absolute atomic E-state index is 0.191. The highest BCUT2D eigenvalue weighted by Gasteiger charge is 2.43. The van der Waals surface area contributed by atoms with Crippen molar-refractivity contribution in [2.75, 3.05) is 0 Å². The Morgan fingerprint density at radius 1 is 1.33 bits per heavy atom. The predicted molar refractivity (Wildman–Crippen MR) is 91.2 cm³/mol. The molecule has 1 aromatic carbocycles. The van der Waals surface area contributed by atoms with Gasteiger partial charge in [0, 0.05) is 6.42 Å². The maximum Gasteiger partial charge on any atom is 0.152 e. The maximum absolute atomic E-state index is 12.5. The van der Waals surface area contributed by atoms with Gasteiger partial charge in [-0.25, -0.2) is 4.98 Å². The number of thioether (sulfide) groups is 1. The van der Waals surface area contributed by atoms with Crippen LogP contribution >= 0.6 is 23.1 Å². The molecule has 21 heavy (non-hydrogen) atoms. The Bertz CT molecular complexity index is 604. The summed E-state index contributed by atoms with van der Waals surface area (Å²) in [4.78, 5) is 17.2. The average Bonchev–Trinajstić information content (AvgIpc) is 3.03. The molecule has 2 aromatic rings. The van der Waals surface area contributed by atoms with E-state index in [0.29, 0.717) is 5.78 Å². The molecule has 1 unspecified atom stereocenters. The van der Waals surface area contributed by atoms with Crippen LogP contribution in [0.3, 0.4) is 0 Å². The van der Waals surface area contributed by atoms with E-state index in [1.807, 2.05) is 12.1 Å². The van der Waals surface area contributed by atoms with E-state index in [0.717, 1.165) is 42.0 Å². The van der Waals surface area contributed by atoms with Crippen molar-refractivity contribution >= 4 is 39.1 Å². The minimum atomic E-state index is -0.191. The lowest BCUT2D eigenvalue weighted by Gasteiger charge is -2.25. The number of para-hydroxylation sites is 1. The van der Waals surface area contributed by atoms with Crippen molar-refractivity contribution in [1.82, 2.24) is 4.98 Å². The second-order valence-corrected chi connectivity index (χ2v) is 8.44.